The van der Waals surface area contributed by atoms with E-state index in [1.807, 2.05) is 0 Å². The average molecular weight is 168 g/mol. The van der Waals surface area contributed by atoms with Gasteiger partial charge in [-0.2, -0.15) is 0 Å². The highest BCUT2D eigenvalue weighted by atomic mass is 35.5. The van der Waals surface area contributed by atoms with Gasteiger partial charge in [-0.15, -0.1) is 12.4 Å². The Morgan fingerprint density at radius 2 is 1.80 bits per heavy atom. The molecule has 0 aromatic heterocycles. The summed E-state index contributed by atoms with van der Waals surface area (Å²) in [6.07, 6.45) is -0.246. The highest BCUT2D eigenvalue weighted by Gasteiger charge is 2.08. The minimum absolute atomic E-state index is 0. The van der Waals surface area contributed by atoms with Crippen molar-refractivity contribution in [3.05, 3.63) is 0 Å². The Hall–Kier alpha value is 0.210. The Bertz CT molecular complexity index is 78.2. The zero-order valence-corrected chi connectivity index (χ0v) is 7.96. The number of rotatable bonds is 2. The summed E-state index contributed by atoms with van der Waals surface area (Å²) in [5, 5.41) is 12.0. The highest BCUT2D eigenvalue weighted by molar-refractivity contribution is 5.85. The fourth-order valence-corrected chi connectivity index (χ4v) is 0.454. The van der Waals surface area contributed by atoms with Crippen molar-refractivity contribution in [2.45, 2.75) is 39.3 Å². The molecule has 2 N–H and O–H groups in total. The Labute approximate surface area is 69.4 Å². The van der Waals surface area contributed by atoms with Crippen molar-refractivity contribution in [3.63, 3.8) is 0 Å². The van der Waals surface area contributed by atoms with Crippen molar-refractivity contribution in [1.29, 1.82) is 0 Å². The van der Waals surface area contributed by atoms with Gasteiger partial charge in [-0.3, -0.25) is 0 Å². The number of hydrogen-bond acceptors (Lipinski definition) is 2. The van der Waals surface area contributed by atoms with Crippen LogP contribution in [0.3, 0.4) is 0 Å². The van der Waals surface area contributed by atoms with Gasteiger partial charge in [0.05, 0.1) is 6.10 Å². The first-order valence-corrected chi connectivity index (χ1v) is 3.35. The van der Waals surface area contributed by atoms with E-state index in [0.29, 0.717) is 6.54 Å². The summed E-state index contributed by atoms with van der Waals surface area (Å²) in [5.41, 5.74) is 0.122. The first kappa shape index (κ1) is 12.8. The third-order valence-corrected chi connectivity index (χ3v) is 0.928. The predicted octanol–water partition coefficient (Wildman–Crippen LogP) is 1.18. The lowest BCUT2D eigenvalue weighted by Gasteiger charge is -2.21. The Kier molecular flexibility index (Phi) is 6.35. The molecule has 0 bridgehead atoms. The van der Waals surface area contributed by atoms with Crippen LogP contribution in [0.5, 0.6) is 0 Å². The third-order valence-electron chi connectivity index (χ3n) is 0.928. The molecule has 64 valence electrons. The fourth-order valence-electron chi connectivity index (χ4n) is 0.454. The molecule has 3 heteroatoms. The lowest BCUT2D eigenvalue weighted by Crippen LogP contribution is -2.39. The number of nitrogens with one attached hydrogen (secondary N) is 1. The van der Waals surface area contributed by atoms with E-state index in [-0.39, 0.29) is 24.0 Å². The maximum atomic E-state index is 8.85. The molecule has 1 atom stereocenters. The van der Waals surface area contributed by atoms with Crippen molar-refractivity contribution in [3.8, 4) is 0 Å². The monoisotopic (exact) mass is 167 g/mol. The van der Waals surface area contributed by atoms with Crippen LogP contribution in [0, 0.1) is 0 Å². The van der Waals surface area contributed by atoms with Gasteiger partial charge in [0.2, 0.25) is 0 Å². The predicted molar refractivity (Wildman–Crippen MR) is 46.7 cm³/mol. The normalized spacial score (nSPS) is 14.1. The van der Waals surface area contributed by atoms with E-state index >= 15 is 0 Å². The van der Waals surface area contributed by atoms with Crippen molar-refractivity contribution in [2.75, 3.05) is 6.54 Å². The van der Waals surface area contributed by atoms with E-state index in [0.717, 1.165) is 0 Å². The molecule has 10 heavy (non-hydrogen) atoms. The summed E-state index contributed by atoms with van der Waals surface area (Å²) in [5.74, 6) is 0. The second-order valence-electron chi connectivity index (χ2n) is 3.48. The van der Waals surface area contributed by atoms with Crippen LogP contribution in [0.4, 0.5) is 0 Å². The molecule has 0 rings (SSSR count). The molecule has 0 aliphatic carbocycles. The molecule has 2 nitrogen and oxygen atoms in total. The fraction of sp³-hybridized carbons (Fsp3) is 1.00. The Morgan fingerprint density at radius 3 is 1.90 bits per heavy atom. The lowest BCUT2D eigenvalue weighted by molar-refractivity contribution is 0.179. The summed E-state index contributed by atoms with van der Waals surface area (Å²) in [6.45, 7) is 8.68. The zero-order valence-electron chi connectivity index (χ0n) is 7.14. The van der Waals surface area contributed by atoms with Crippen LogP contribution in [0.2, 0.25) is 0 Å². The molecule has 0 aromatic carbocycles. The van der Waals surface area contributed by atoms with Crippen LogP contribution in [0.1, 0.15) is 27.7 Å². The molecule has 0 aromatic rings. The van der Waals surface area contributed by atoms with E-state index in [1.54, 1.807) is 6.92 Å². The first-order valence-electron chi connectivity index (χ1n) is 3.35. The van der Waals surface area contributed by atoms with Gasteiger partial charge in [-0.05, 0) is 27.7 Å². The van der Waals surface area contributed by atoms with E-state index in [4.69, 9.17) is 5.11 Å². The van der Waals surface area contributed by atoms with Gasteiger partial charge >= 0.3 is 0 Å². The van der Waals surface area contributed by atoms with Crippen molar-refractivity contribution in [2.24, 2.45) is 0 Å². The summed E-state index contributed by atoms with van der Waals surface area (Å²) in [7, 11) is 0. The molecule has 1 unspecified atom stereocenters. The molecular formula is C7H18ClNO. The second kappa shape index (κ2) is 4.94. The lowest BCUT2D eigenvalue weighted by atomic mass is 10.1. The third kappa shape index (κ3) is 11.1. The number of aliphatic hydroxyl groups is 1. The van der Waals surface area contributed by atoms with Crippen molar-refractivity contribution < 1.29 is 5.11 Å². The quantitative estimate of drug-likeness (QED) is 0.648. The second-order valence-corrected chi connectivity index (χ2v) is 3.48. The molecule has 0 aliphatic heterocycles. The summed E-state index contributed by atoms with van der Waals surface area (Å²) in [4.78, 5) is 0. The minimum atomic E-state index is -0.246. The number of hydrogen-bond donors (Lipinski definition) is 2. The maximum Gasteiger partial charge on any atom is 0.0636 e. The minimum Gasteiger partial charge on any atom is -0.392 e. The molecule has 0 heterocycles. The SMILES string of the molecule is CC(O)CNC(C)(C)C.Cl. The molecule has 0 fully saturated rings. The van der Waals surface area contributed by atoms with Gasteiger partial charge in [0.1, 0.15) is 0 Å². The van der Waals surface area contributed by atoms with Gasteiger partial charge in [0, 0.05) is 12.1 Å². The molecule has 0 saturated carbocycles. The maximum absolute atomic E-state index is 8.85. The van der Waals surface area contributed by atoms with E-state index < -0.39 is 0 Å². The smallest absolute Gasteiger partial charge is 0.0636 e. The van der Waals surface area contributed by atoms with Crippen LogP contribution in [-0.2, 0) is 0 Å². The van der Waals surface area contributed by atoms with Gasteiger partial charge in [0.15, 0.2) is 0 Å². The average Bonchev–Trinajstić information content (AvgIpc) is 1.59. The van der Waals surface area contributed by atoms with Gasteiger partial charge in [-0.25, -0.2) is 0 Å². The van der Waals surface area contributed by atoms with Gasteiger partial charge in [0.25, 0.3) is 0 Å². The highest BCUT2D eigenvalue weighted by Crippen LogP contribution is 1.97. The number of β-amino-alcohol motifs (C(OH)–C–C–N with tert-alkyl or cyclic N) is 1. The van der Waals surface area contributed by atoms with Crippen LogP contribution >= 0.6 is 12.4 Å². The van der Waals surface area contributed by atoms with E-state index in [2.05, 4.69) is 26.1 Å². The van der Waals surface area contributed by atoms with Crippen LogP contribution < -0.4 is 5.32 Å². The molecule has 0 spiro atoms. The number of halogens is 1. The Morgan fingerprint density at radius 1 is 1.40 bits per heavy atom. The molecule has 0 amide bonds. The van der Waals surface area contributed by atoms with Gasteiger partial charge in [-0.1, -0.05) is 0 Å². The van der Waals surface area contributed by atoms with E-state index in [1.165, 1.54) is 0 Å². The molecule has 0 radical (unpaired) electrons. The topological polar surface area (TPSA) is 32.3 Å². The van der Waals surface area contributed by atoms with Crippen LogP contribution in [0.25, 0.3) is 0 Å². The summed E-state index contributed by atoms with van der Waals surface area (Å²) < 4.78 is 0. The van der Waals surface area contributed by atoms with E-state index in [9.17, 15) is 0 Å². The van der Waals surface area contributed by atoms with Crippen LogP contribution in [-0.4, -0.2) is 23.3 Å². The van der Waals surface area contributed by atoms with Crippen molar-refractivity contribution >= 4 is 12.4 Å². The molecular weight excluding hydrogens is 150 g/mol. The molecule has 0 aliphatic rings. The first-order chi connectivity index (χ1) is 3.92. The van der Waals surface area contributed by atoms with Crippen molar-refractivity contribution in [1.82, 2.24) is 5.32 Å². The van der Waals surface area contributed by atoms with Gasteiger partial charge < -0.3 is 10.4 Å². The standard InChI is InChI=1S/C7H17NO.ClH/c1-6(9)5-8-7(2,3)4;/h6,8-9H,5H2,1-4H3;1H. The molecule has 0 saturated heterocycles. The summed E-state index contributed by atoms with van der Waals surface area (Å²) in [6, 6.07) is 0. The zero-order chi connectivity index (χ0) is 7.49. The number of aliphatic hydroxyl groups excluding tert-OH is 1. The largest absolute Gasteiger partial charge is 0.392 e. The van der Waals surface area contributed by atoms with Crippen LogP contribution in [0.15, 0.2) is 0 Å². The summed E-state index contributed by atoms with van der Waals surface area (Å²) >= 11 is 0. The Balaban J connectivity index is 0.